The predicted octanol–water partition coefficient (Wildman–Crippen LogP) is 3.96. The maximum Gasteiger partial charge on any atom is 0.194 e. The van der Waals surface area contributed by atoms with Gasteiger partial charge in [0.25, 0.3) is 0 Å². The number of rotatable bonds is 3. The van der Waals surface area contributed by atoms with E-state index in [2.05, 4.69) is 0 Å². The van der Waals surface area contributed by atoms with Crippen molar-refractivity contribution >= 4 is 0 Å². The lowest BCUT2D eigenvalue weighted by atomic mass is 9.93. The molecule has 2 N–H and O–H groups in total. The zero-order chi connectivity index (χ0) is 14.9. The molecular weight excluding hydrogens is 263 g/mol. The van der Waals surface area contributed by atoms with Crippen LogP contribution in [0.5, 0.6) is 0 Å². The van der Waals surface area contributed by atoms with Crippen molar-refractivity contribution in [3.05, 3.63) is 70.0 Å². The van der Waals surface area contributed by atoms with Gasteiger partial charge in [-0.05, 0) is 54.7 Å². The highest BCUT2D eigenvalue weighted by molar-refractivity contribution is 5.35. The van der Waals surface area contributed by atoms with Gasteiger partial charge in [0, 0.05) is 6.04 Å². The van der Waals surface area contributed by atoms with Crippen LogP contribution in [0.1, 0.15) is 28.3 Å². The van der Waals surface area contributed by atoms with Crippen molar-refractivity contribution in [2.45, 2.75) is 26.3 Å². The van der Waals surface area contributed by atoms with Crippen LogP contribution >= 0.6 is 0 Å². The molecular formula is C16H16F3N. The Bertz CT molecular complexity index is 594. The lowest BCUT2D eigenvalue weighted by Crippen LogP contribution is -2.16. The largest absolute Gasteiger partial charge is 0.324 e. The molecule has 0 aliphatic carbocycles. The third-order valence-electron chi connectivity index (χ3n) is 3.50. The quantitative estimate of drug-likeness (QED) is 0.845. The van der Waals surface area contributed by atoms with E-state index in [1.807, 2.05) is 32.0 Å². The van der Waals surface area contributed by atoms with Crippen molar-refractivity contribution in [3.63, 3.8) is 0 Å². The normalized spacial score (nSPS) is 12.5. The average Bonchev–Trinajstić information content (AvgIpc) is 2.39. The number of hydrogen-bond acceptors (Lipinski definition) is 1. The molecule has 0 bridgehead atoms. The number of hydrogen-bond donors (Lipinski definition) is 1. The lowest BCUT2D eigenvalue weighted by Gasteiger charge is -2.16. The summed E-state index contributed by atoms with van der Waals surface area (Å²) in [4.78, 5) is 0. The monoisotopic (exact) mass is 279 g/mol. The Morgan fingerprint density at radius 1 is 1.00 bits per heavy atom. The highest BCUT2D eigenvalue weighted by Crippen LogP contribution is 2.23. The molecule has 0 fully saturated rings. The van der Waals surface area contributed by atoms with Crippen molar-refractivity contribution in [1.29, 1.82) is 0 Å². The second kappa shape index (κ2) is 5.67. The van der Waals surface area contributed by atoms with E-state index in [1.54, 1.807) is 0 Å². The minimum absolute atomic E-state index is 0.254. The van der Waals surface area contributed by atoms with E-state index in [-0.39, 0.29) is 5.56 Å². The lowest BCUT2D eigenvalue weighted by molar-refractivity contribution is 0.443. The Morgan fingerprint density at radius 3 is 2.00 bits per heavy atom. The van der Waals surface area contributed by atoms with Gasteiger partial charge in [0.1, 0.15) is 0 Å². The van der Waals surface area contributed by atoms with Crippen LogP contribution in [0, 0.1) is 31.3 Å². The minimum Gasteiger partial charge on any atom is -0.324 e. The van der Waals surface area contributed by atoms with Crippen LogP contribution in [-0.4, -0.2) is 0 Å². The average molecular weight is 279 g/mol. The summed E-state index contributed by atoms with van der Waals surface area (Å²) in [6, 6.07) is 7.19. The van der Waals surface area contributed by atoms with Gasteiger partial charge in [-0.15, -0.1) is 0 Å². The number of nitrogens with two attached hydrogens (primary N) is 1. The molecule has 0 heterocycles. The Kier molecular flexibility index (Phi) is 4.14. The first-order valence-electron chi connectivity index (χ1n) is 6.35. The van der Waals surface area contributed by atoms with Crippen LogP contribution in [0.15, 0.2) is 30.3 Å². The van der Waals surface area contributed by atoms with E-state index in [1.165, 1.54) is 0 Å². The molecule has 2 aromatic rings. The third-order valence-corrected chi connectivity index (χ3v) is 3.50. The summed E-state index contributed by atoms with van der Waals surface area (Å²) >= 11 is 0. The fourth-order valence-electron chi connectivity index (χ4n) is 2.30. The van der Waals surface area contributed by atoms with E-state index < -0.39 is 23.5 Å². The van der Waals surface area contributed by atoms with Gasteiger partial charge in [-0.3, -0.25) is 0 Å². The Hall–Kier alpha value is -1.81. The molecule has 1 nitrogen and oxygen atoms in total. The summed E-state index contributed by atoms with van der Waals surface area (Å²) in [6.07, 6.45) is 0.447. The smallest absolute Gasteiger partial charge is 0.194 e. The van der Waals surface area contributed by atoms with Gasteiger partial charge in [0.05, 0.1) is 0 Å². The summed E-state index contributed by atoms with van der Waals surface area (Å²) < 4.78 is 39.4. The summed E-state index contributed by atoms with van der Waals surface area (Å²) in [5.74, 6) is -3.89. The molecule has 0 saturated heterocycles. The van der Waals surface area contributed by atoms with E-state index >= 15 is 0 Å². The molecule has 0 amide bonds. The van der Waals surface area contributed by atoms with Crippen LogP contribution < -0.4 is 5.73 Å². The molecule has 0 aliphatic rings. The maximum atomic E-state index is 13.2. The summed E-state index contributed by atoms with van der Waals surface area (Å²) in [5, 5.41) is 0. The molecule has 0 aromatic heterocycles. The highest BCUT2D eigenvalue weighted by Gasteiger charge is 2.16. The van der Waals surface area contributed by atoms with E-state index in [9.17, 15) is 13.2 Å². The van der Waals surface area contributed by atoms with Gasteiger partial charge >= 0.3 is 0 Å². The van der Waals surface area contributed by atoms with Gasteiger partial charge in [-0.1, -0.05) is 18.2 Å². The van der Waals surface area contributed by atoms with Crippen molar-refractivity contribution < 1.29 is 13.2 Å². The van der Waals surface area contributed by atoms with Crippen molar-refractivity contribution in [2.24, 2.45) is 5.73 Å². The zero-order valence-corrected chi connectivity index (χ0v) is 11.4. The van der Waals surface area contributed by atoms with Crippen LogP contribution in [0.25, 0.3) is 0 Å². The molecule has 1 unspecified atom stereocenters. The van der Waals surface area contributed by atoms with Crippen LogP contribution in [0.3, 0.4) is 0 Å². The van der Waals surface area contributed by atoms with Gasteiger partial charge in [0.15, 0.2) is 17.5 Å². The summed E-state index contributed by atoms with van der Waals surface area (Å²) in [5.41, 5.74) is 9.44. The standard InChI is InChI=1S/C16H16F3N/c1-9-4-3-5-10(2)12(9)8-15(20)11-6-13(17)16(19)14(18)7-11/h3-7,15H,8,20H2,1-2H3. The number of aryl methyl sites for hydroxylation is 2. The molecule has 2 rings (SSSR count). The molecule has 106 valence electrons. The Balaban J connectivity index is 2.31. The van der Waals surface area contributed by atoms with Crippen molar-refractivity contribution in [3.8, 4) is 0 Å². The highest BCUT2D eigenvalue weighted by atomic mass is 19.2. The maximum absolute atomic E-state index is 13.2. The fraction of sp³-hybridized carbons (Fsp3) is 0.250. The van der Waals surface area contributed by atoms with E-state index in [4.69, 9.17) is 5.73 Å². The summed E-state index contributed by atoms with van der Waals surface area (Å²) in [7, 11) is 0. The zero-order valence-electron chi connectivity index (χ0n) is 11.4. The number of benzene rings is 2. The Morgan fingerprint density at radius 2 is 1.50 bits per heavy atom. The molecule has 0 aliphatic heterocycles. The summed E-state index contributed by atoms with van der Waals surface area (Å²) in [6.45, 7) is 3.92. The molecule has 0 spiro atoms. The van der Waals surface area contributed by atoms with Crippen molar-refractivity contribution in [2.75, 3.05) is 0 Å². The Labute approximate surface area is 116 Å². The van der Waals surface area contributed by atoms with Crippen molar-refractivity contribution in [1.82, 2.24) is 0 Å². The van der Waals surface area contributed by atoms with Crippen LogP contribution in [-0.2, 0) is 6.42 Å². The SMILES string of the molecule is Cc1cccc(C)c1CC(N)c1cc(F)c(F)c(F)c1. The number of halogens is 3. The van der Waals surface area contributed by atoms with Gasteiger partial charge in [0.2, 0.25) is 0 Å². The van der Waals surface area contributed by atoms with Gasteiger partial charge < -0.3 is 5.73 Å². The molecule has 20 heavy (non-hydrogen) atoms. The van der Waals surface area contributed by atoms with E-state index in [0.717, 1.165) is 28.8 Å². The fourth-order valence-corrected chi connectivity index (χ4v) is 2.30. The van der Waals surface area contributed by atoms with Gasteiger partial charge in [-0.2, -0.15) is 0 Å². The third kappa shape index (κ3) is 2.85. The second-order valence-corrected chi connectivity index (χ2v) is 4.98. The minimum atomic E-state index is -1.46. The molecule has 0 radical (unpaired) electrons. The first-order chi connectivity index (χ1) is 9.40. The van der Waals surface area contributed by atoms with Gasteiger partial charge in [-0.25, -0.2) is 13.2 Å². The molecule has 2 aromatic carbocycles. The molecule has 4 heteroatoms. The predicted molar refractivity (Wildman–Crippen MR) is 72.9 cm³/mol. The topological polar surface area (TPSA) is 26.0 Å². The van der Waals surface area contributed by atoms with E-state index in [0.29, 0.717) is 6.42 Å². The van der Waals surface area contributed by atoms with Crippen LogP contribution in [0.2, 0.25) is 0 Å². The molecule has 1 atom stereocenters. The second-order valence-electron chi connectivity index (χ2n) is 4.98. The van der Waals surface area contributed by atoms with Crippen LogP contribution in [0.4, 0.5) is 13.2 Å². The first kappa shape index (κ1) is 14.6. The molecule has 0 saturated carbocycles. The first-order valence-corrected chi connectivity index (χ1v) is 6.35.